The Bertz CT molecular complexity index is 452. The minimum Gasteiger partial charge on any atom is -0.488 e. The molecule has 0 amide bonds. The molecule has 0 spiro atoms. The van der Waals surface area contributed by atoms with Gasteiger partial charge in [-0.2, -0.15) is 0 Å². The normalized spacial score (nSPS) is 27.1. The lowest BCUT2D eigenvalue weighted by atomic mass is 10.0. The first kappa shape index (κ1) is 12.9. The number of nitrogens with zero attached hydrogens (tertiary/aromatic N) is 1. The fourth-order valence-electron chi connectivity index (χ4n) is 3.22. The lowest BCUT2D eigenvalue weighted by Gasteiger charge is -2.36. The molecule has 1 fully saturated rings. The van der Waals surface area contributed by atoms with Crippen LogP contribution in [0, 0.1) is 5.82 Å². The molecule has 104 valence electrons. The Balaban J connectivity index is 1.63. The monoisotopic (exact) mass is 264 g/mol. The second kappa shape index (κ2) is 5.47. The van der Waals surface area contributed by atoms with Crippen molar-refractivity contribution in [1.29, 1.82) is 0 Å². The van der Waals surface area contributed by atoms with Crippen molar-refractivity contribution in [2.75, 3.05) is 19.6 Å². The predicted molar refractivity (Wildman–Crippen MR) is 72.8 cm³/mol. The molecule has 0 aliphatic carbocycles. The molecule has 4 heteroatoms. The highest BCUT2D eigenvalue weighted by atomic mass is 19.1. The van der Waals surface area contributed by atoms with Crippen molar-refractivity contribution in [3.8, 4) is 5.75 Å². The third-order valence-corrected chi connectivity index (χ3v) is 4.22. The van der Waals surface area contributed by atoms with Gasteiger partial charge < -0.3 is 10.5 Å². The molecular weight excluding hydrogens is 243 g/mol. The van der Waals surface area contributed by atoms with Crippen LogP contribution in [0.25, 0.3) is 0 Å². The first-order chi connectivity index (χ1) is 9.26. The maximum atomic E-state index is 13.2. The van der Waals surface area contributed by atoms with Crippen molar-refractivity contribution in [2.45, 2.75) is 37.8 Å². The van der Waals surface area contributed by atoms with E-state index in [0.29, 0.717) is 12.6 Å². The molecule has 19 heavy (non-hydrogen) atoms. The molecule has 3 nitrogen and oxygen atoms in total. The minimum absolute atomic E-state index is 0.143. The summed E-state index contributed by atoms with van der Waals surface area (Å²) in [6.45, 7) is 2.72. The minimum atomic E-state index is -0.180. The van der Waals surface area contributed by atoms with Crippen LogP contribution in [0.2, 0.25) is 0 Å². The Morgan fingerprint density at radius 1 is 1.37 bits per heavy atom. The van der Waals surface area contributed by atoms with E-state index < -0.39 is 0 Å². The summed E-state index contributed by atoms with van der Waals surface area (Å²) >= 11 is 0. The summed E-state index contributed by atoms with van der Waals surface area (Å²) < 4.78 is 19.1. The van der Waals surface area contributed by atoms with Crippen LogP contribution < -0.4 is 10.5 Å². The van der Waals surface area contributed by atoms with Crippen molar-refractivity contribution in [1.82, 2.24) is 4.90 Å². The molecule has 2 N–H and O–H groups in total. The maximum absolute atomic E-state index is 13.2. The summed E-state index contributed by atoms with van der Waals surface area (Å²) in [4.78, 5) is 2.44. The van der Waals surface area contributed by atoms with Crippen LogP contribution in [-0.2, 0) is 6.42 Å². The quantitative estimate of drug-likeness (QED) is 0.906. The number of rotatable bonds is 3. The van der Waals surface area contributed by atoms with E-state index in [-0.39, 0.29) is 11.9 Å². The molecule has 3 rings (SSSR count). The standard InChI is InChI=1S/C15H21FN2O/c16-12-4-5-15-11(7-12)8-14(19-15)10-18-6-2-1-3-13(18)9-17/h4-5,7,13-14H,1-3,6,8-10,17H2. The number of nitrogens with two attached hydrogens (primary N) is 1. The lowest BCUT2D eigenvalue weighted by molar-refractivity contribution is 0.0935. The van der Waals surface area contributed by atoms with Gasteiger partial charge in [-0.3, -0.25) is 4.90 Å². The summed E-state index contributed by atoms with van der Waals surface area (Å²) in [7, 11) is 0. The zero-order chi connectivity index (χ0) is 13.2. The highest BCUT2D eigenvalue weighted by molar-refractivity contribution is 5.37. The smallest absolute Gasteiger partial charge is 0.123 e. The molecule has 1 saturated heterocycles. The van der Waals surface area contributed by atoms with Crippen molar-refractivity contribution < 1.29 is 9.13 Å². The molecule has 0 saturated carbocycles. The van der Waals surface area contributed by atoms with Gasteiger partial charge in [-0.25, -0.2) is 4.39 Å². The summed E-state index contributed by atoms with van der Waals surface area (Å²) in [6, 6.07) is 5.27. The van der Waals surface area contributed by atoms with Crippen molar-refractivity contribution in [2.24, 2.45) is 5.73 Å². The number of ether oxygens (including phenoxy) is 1. The second-order valence-corrected chi connectivity index (χ2v) is 5.58. The average molecular weight is 264 g/mol. The Morgan fingerprint density at radius 3 is 3.11 bits per heavy atom. The van der Waals surface area contributed by atoms with E-state index in [4.69, 9.17) is 10.5 Å². The highest BCUT2D eigenvalue weighted by Crippen LogP contribution is 2.30. The van der Waals surface area contributed by atoms with Crippen molar-refractivity contribution in [3.05, 3.63) is 29.6 Å². The second-order valence-electron chi connectivity index (χ2n) is 5.58. The average Bonchev–Trinajstić information content (AvgIpc) is 2.80. The van der Waals surface area contributed by atoms with E-state index in [1.807, 2.05) is 0 Å². The SMILES string of the molecule is NCC1CCCCN1CC1Cc2cc(F)ccc2O1. The van der Waals surface area contributed by atoms with Gasteiger partial charge in [0.05, 0.1) is 0 Å². The van der Waals surface area contributed by atoms with E-state index in [2.05, 4.69) is 4.90 Å². The first-order valence-electron chi connectivity index (χ1n) is 7.15. The van der Waals surface area contributed by atoms with Gasteiger partial charge in [-0.05, 0) is 37.6 Å². The van der Waals surface area contributed by atoms with Gasteiger partial charge in [0.2, 0.25) is 0 Å². The van der Waals surface area contributed by atoms with Gasteiger partial charge in [0.25, 0.3) is 0 Å². The van der Waals surface area contributed by atoms with Gasteiger partial charge in [-0.15, -0.1) is 0 Å². The van der Waals surface area contributed by atoms with E-state index in [1.54, 1.807) is 12.1 Å². The first-order valence-corrected chi connectivity index (χ1v) is 7.15. The van der Waals surface area contributed by atoms with E-state index in [1.165, 1.54) is 25.3 Å². The number of halogens is 1. The summed E-state index contributed by atoms with van der Waals surface area (Å²) in [5, 5.41) is 0. The molecule has 0 aromatic heterocycles. The van der Waals surface area contributed by atoms with Gasteiger partial charge in [0, 0.05) is 31.1 Å². The number of piperidine rings is 1. The third kappa shape index (κ3) is 2.74. The van der Waals surface area contributed by atoms with Crippen molar-refractivity contribution in [3.63, 3.8) is 0 Å². The number of likely N-dealkylation sites (tertiary alicyclic amines) is 1. The van der Waals surface area contributed by atoms with Crippen molar-refractivity contribution >= 4 is 0 Å². The zero-order valence-corrected chi connectivity index (χ0v) is 11.1. The molecule has 1 aromatic rings. The summed E-state index contributed by atoms with van der Waals surface area (Å²) in [5.74, 6) is 0.661. The molecule has 2 unspecified atom stereocenters. The van der Waals surface area contributed by atoms with Crippen LogP contribution in [0.15, 0.2) is 18.2 Å². The summed E-state index contributed by atoms with van der Waals surface area (Å²) in [5.41, 5.74) is 6.83. The van der Waals surface area contributed by atoms with Crippen LogP contribution in [-0.4, -0.2) is 36.7 Å². The Kier molecular flexibility index (Phi) is 3.71. The summed E-state index contributed by atoms with van der Waals surface area (Å²) in [6.07, 6.45) is 4.65. The van der Waals surface area contributed by atoms with Gasteiger partial charge in [-0.1, -0.05) is 6.42 Å². The lowest BCUT2D eigenvalue weighted by Crippen LogP contribution is -2.48. The van der Waals surface area contributed by atoms with Crippen LogP contribution in [0.3, 0.4) is 0 Å². The zero-order valence-electron chi connectivity index (χ0n) is 11.1. The molecule has 2 atom stereocenters. The predicted octanol–water partition coefficient (Wildman–Crippen LogP) is 1.94. The number of hydrogen-bond donors (Lipinski definition) is 1. The molecule has 2 aliphatic heterocycles. The van der Waals surface area contributed by atoms with E-state index in [0.717, 1.165) is 30.8 Å². The van der Waals surface area contributed by atoms with E-state index in [9.17, 15) is 4.39 Å². The topological polar surface area (TPSA) is 38.5 Å². The Hall–Kier alpha value is -1.13. The van der Waals surface area contributed by atoms with Gasteiger partial charge in [0.1, 0.15) is 17.7 Å². The Morgan fingerprint density at radius 2 is 2.26 bits per heavy atom. The highest BCUT2D eigenvalue weighted by Gasteiger charge is 2.29. The van der Waals surface area contributed by atoms with Crippen LogP contribution in [0.4, 0.5) is 4.39 Å². The molecule has 0 radical (unpaired) electrons. The van der Waals surface area contributed by atoms with Crippen LogP contribution >= 0.6 is 0 Å². The largest absolute Gasteiger partial charge is 0.488 e. The third-order valence-electron chi connectivity index (χ3n) is 4.22. The van der Waals surface area contributed by atoms with E-state index >= 15 is 0 Å². The van der Waals surface area contributed by atoms with Crippen LogP contribution in [0.1, 0.15) is 24.8 Å². The van der Waals surface area contributed by atoms with Crippen LogP contribution in [0.5, 0.6) is 5.75 Å². The molecule has 2 aliphatic rings. The molecule has 2 heterocycles. The number of fused-ring (bicyclic) bond motifs is 1. The molecule has 0 bridgehead atoms. The number of hydrogen-bond acceptors (Lipinski definition) is 3. The van der Waals surface area contributed by atoms with Gasteiger partial charge >= 0.3 is 0 Å². The molecule has 1 aromatic carbocycles. The number of benzene rings is 1. The fourth-order valence-corrected chi connectivity index (χ4v) is 3.22. The Labute approximate surface area is 113 Å². The molecular formula is C15H21FN2O. The maximum Gasteiger partial charge on any atom is 0.123 e. The fraction of sp³-hybridized carbons (Fsp3) is 0.600. The van der Waals surface area contributed by atoms with Gasteiger partial charge in [0.15, 0.2) is 0 Å².